The van der Waals surface area contributed by atoms with E-state index in [1.54, 1.807) is 16.7 Å². The van der Waals surface area contributed by atoms with E-state index in [1.807, 2.05) is 0 Å². The van der Waals surface area contributed by atoms with Crippen molar-refractivity contribution in [2.45, 2.75) is 322 Å². The number of hydrogen-bond donors (Lipinski definition) is 0. The van der Waals surface area contributed by atoms with Gasteiger partial charge in [0.1, 0.15) is 0 Å². The summed E-state index contributed by atoms with van der Waals surface area (Å²) in [6, 6.07) is 7.22. The molecule has 0 aliphatic carbocycles. The van der Waals surface area contributed by atoms with Crippen LogP contribution in [-0.2, 0) is 19.3 Å². The Morgan fingerprint density at radius 3 is 0.649 bits per heavy atom. The van der Waals surface area contributed by atoms with Crippen LogP contribution in [0.15, 0.2) is 18.2 Å². The lowest BCUT2D eigenvalue weighted by molar-refractivity contribution is 0.519. The van der Waals surface area contributed by atoms with Crippen molar-refractivity contribution in [2.24, 2.45) is 0 Å². The highest BCUT2D eigenvalue weighted by Gasteiger charge is 2.08. The third kappa shape index (κ3) is 37.9. The maximum atomic E-state index is 4.25. The van der Waals surface area contributed by atoms with Crippen LogP contribution >= 0.6 is 0 Å². The molecule has 1 aromatic rings. The van der Waals surface area contributed by atoms with Gasteiger partial charge in [-0.2, -0.15) is 0 Å². The van der Waals surface area contributed by atoms with Crippen LogP contribution in [0.4, 0.5) is 0 Å². The first-order valence-electron chi connectivity index (χ1n) is 27.2. The summed E-state index contributed by atoms with van der Waals surface area (Å²) in [5.74, 6) is 0. The molecule has 0 fully saturated rings. The number of unbranched alkanes of at least 4 members (excludes halogenated alkanes) is 42. The van der Waals surface area contributed by atoms with E-state index < -0.39 is 0 Å². The van der Waals surface area contributed by atoms with Crippen molar-refractivity contribution in [3.63, 3.8) is 0 Å². The summed E-state index contributed by atoms with van der Waals surface area (Å²) in [6.45, 7) is 8.87. The summed E-state index contributed by atoms with van der Waals surface area (Å²) >= 11 is 0. The highest BCUT2D eigenvalue weighted by atomic mass is 14.1. The molecule has 0 aromatic heterocycles. The van der Waals surface area contributed by atoms with Gasteiger partial charge < -0.3 is 0 Å². The van der Waals surface area contributed by atoms with Gasteiger partial charge in [0.25, 0.3) is 0 Å². The van der Waals surface area contributed by atoms with Gasteiger partial charge in [0.15, 0.2) is 0 Å². The Kier molecular flexibility index (Phi) is 44.0. The minimum Gasteiger partial charge on any atom is -0.0654 e. The predicted molar refractivity (Wildman–Crippen MR) is 262 cm³/mol. The molecule has 0 heteroatoms. The number of hydrogen-bond acceptors (Lipinski definition) is 0. The van der Waals surface area contributed by atoms with E-state index in [9.17, 15) is 0 Å². The molecular formula is C57H107. The second-order valence-electron chi connectivity index (χ2n) is 19.0. The second-order valence-corrected chi connectivity index (χ2v) is 19.0. The SMILES string of the molecule is [CH2]CCc1c(CCCCCCCCCCCCCCCCCCCCCCCC)cccc1CCCCCCCCCCCCCCCCCCCCCCCC. The molecule has 1 rings (SSSR count). The molecule has 0 nitrogen and oxygen atoms in total. The molecule has 0 unspecified atom stereocenters. The Morgan fingerprint density at radius 1 is 0.263 bits per heavy atom. The Balaban J connectivity index is 1.93. The quantitative estimate of drug-likeness (QED) is 0.0577. The van der Waals surface area contributed by atoms with Crippen LogP contribution in [-0.4, -0.2) is 0 Å². The Hall–Kier alpha value is -0.780. The highest BCUT2D eigenvalue weighted by Crippen LogP contribution is 2.23. The Labute approximate surface area is 362 Å². The maximum absolute atomic E-state index is 4.25. The molecule has 0 amide bonds. The third-order valence-electron chi connectivity index (χ3n) is 13.4. The van der Waals surface area contributed by atoms with E-state index in [-0.39, 0.29) is 0 Å². The fourth-order valence-corrected chi connectivity index (χ4v) is 9.50. The molecule has 335 valence electrons. The lowest BCUT2D eigenvalue weighted by atomic mass is 9.91. The zero-order chi connectivity index (χ0) is 40.8. The Morgan fingerprint density at radius 2 is 0.456 bits per heavy atom. The normalized spacial score (nSPS) is 11.6. The highest BCUT2D eigenvalue weighted by molar-refractivity contribution is 5.36. The first-order chi connectivity index (χ1) is 28.3. The van der Waals surface area contributed by atoms with Crippen molar-refractivity contribution in [1.82, 2.24) is 0 Å². The van der Waals surface area contributed by atoms with Gasteiger partial charge in [-0.1, -0.05) is 309 Å². The van der Waals surface area contributed by atoms with Gasteiger partial charge in [-0.25, -0.2) is 0 Å². The molecule has 0 aliphatic rings. The standard InChI is InChI=1S/C57H107/c1-4-7-9-11-13-15-17-19-21-23-25-27-29-31-33-35-37-39-41-43-45-47-51-55-53-49-54-56(57(55)50-6-3)52-48-46-44-42-40-38-36-34-32-30-28-26-24-22-20-18-16-14-12-10-8-5-2/h49,53-54H,3-48,50-52H2,1-2H3. The van der Waals surface area contributed by atoms with Gasteiger partial charge >= 0.3 is 0 Å². The molecule has 0 saturated carbocycles. The minimum absolute atomic E-state index is 1.03. The summed E-state index contributed by atoms with van der Waals surface area (Å²) in [4.78, 5) is 0. The first-order valence-corrected chi connectivity index (χ1v) is 27.2. The van der Waals surface area contributed by atoms with Crippen LogP contribution in [0, 0.1) is 6.92 Å². The molecule has 0 spiro atoms. The summed E-state index contributed by atoms with van der Waals surface area (Å²) in [7, 11) is 0. The fraction of sp³-hybridized carbons (Fsp3) is 0.877. The fourth-order valence-electron chi connectivity index (χ4n) is 9.50. The van der Waals surface area contributed by atoms with E-state index in [4.69, 9.17) is 0 Å². The van der Waals surface area contributed by atoms with Crippen molar-refractivity contribution in [3.8, 4) is 0 Å². The average Bonchev–Trinajstić information content (AvgIpc) is 3.22. The van der Waals surface area contributed by atoms with E-state index in [1.165, 1.54) is 302 Å². The molecule has 57 heavy (non-hydrogen) atoms. The van der Waals surface area contributed by atoms with Crippen LogP contribution in [0.5, 0.6) is 0 Å². The average molecular weight is 792 g/mol. The predicted octanol–water partition coefficient (Wildman–Crippen LogP) is 20.7. The van der Waals surface area contributed by atoms with Gasteiger partial charge in [-0.3, -0.25) is 0 Å². The van der Waals surface area contributed by atoms with E-state index in [0.717, 1.165) is 6.42 Å². The Bertz CT molecular complexity index is 816. The molecule has 1 radical (unpaired) electrons. The number of rotatable bonds is 48. The van der Waals surface area contributed by atoms with Crippen LogP contribution in [0.25, 0.3) is 0 Å². The van der Waals surface area contributed by atoms with Crippen molar-refractivity contribution in [1.29, 1.82) is 0 Å². The monoisotopic (exact) mass is 792 g/mol. The largest absolute Gasteiger partial charge is 0.0654 e. The van der Waals surface area contributed by atoms with Crippen LogP contribution in [0.1, 0.15) is 319 Å². The van der Waals surface area contributed by atoms with E-state index >= 15 is 0 Å². The van der Waals surface area contributed by atoms with Crippen LogP contribution in [0.3, 0.4) is 0 Å². The zero-order valence-electron chi connectivity index (χ0n) is 39.9. The zero-order valence-corrected chi connectivity index (χ0v) is 39.9. The van der Waals surface area contributed by atoms with E-state index in [2.05, 4.69) is 39.0 Å². The molecule has 0 saturated heterocycles. The van der Waals surface area contributed by atoms with Crippen molar-refractivity contribution < 1.29 is 0 Å². The molecule has 0 aliphatic heterocycles. The maximum Gasteiger partial charge on any atom is -0.0273 e. The molecule has 1 aromatic carbocycles. The van der Waals surface area contributed by atoms with Gasteiger partial charge in [-0.05, 0) is 55.2 Å². The van der Waals surface area contributed by atoms with Crippen molar-refractivity contribution in [2.75, 3.05) is 0 Å². The minimum atomic E-state index is 1.03. The molecular weight excluding hydrogens is 685 g/mol. The lowest BCUT2D eigenvalue weighted by Crippen LogP contribution is -2.01. The summed E-state index contributed by atoms with van der Waals surface area (Å²) in [6.07, 6.45) is 69.0. The molecule has 0 bridgehead atoms. The summed E-state index contributed by atoms with van der Waals surface area (Å²) < 4.78 is 0. The smallest absolute Gasteiger partial charge is 0.0273 e. The summed E-state index contributed by atoms with van der Waals surface area (Å²) in [5, 5.41) is 0. The lowest BCUT2D eigenvalue weighted by Gasteiger charge is -2.15. The number of benzene rings is 1. The van der Waals surface area contributed by atoms with Gasteiger partial charge in [0.2, 0.25) is 0 Å². The third-order valence-corrected chi connectivity index (χ3v) is 13.4. The van der Waals surface area contributed by atoms with Crippen molar-refractivity contribution >= 4 is 0 Å². The van der Waals surface area contributed by atoms with Gasteiger partial charge in [0.05, 0.1) is 0 Å². The van der Waals surface area contributed by atoms with Crippen LogP contribution < -0.4 is 0 Å². The molecule has 0 heterocycles. The van der Waals surface area contributed by atoms with E-state index in [0.29, 0.717) is 0 Å². The van der Waals surface area contributed by atoms with Gasteiger partial charge in [0, 0.05) is 0 Å². The molecule has 0 atom stereocenters. The number of aryl methyl sites for hydroxylation is 2. The van der Waals surface area contributed by atoms with Gasteiger partial charge in [-0.15, -0.1) is 0 Å². The second kappa shape index (κ2) is 46.3. The molecule has 0 N–H and O–H groups in total. The van der Waals surface area contributed by atoms with Crippen LogP contribution in [0.2, 0.25) is 0 Å². The summed E-state index contributed by atoms with van der Waals surface area (Å²) in [5.41, 5.74) is 4.95. The first kappa shape index (κ1) is 54.2. The topological polar surface area (TPSA) is 0 Å². The van der Waals surface area contributed by atoms with Crippen molar-refractivity contribution in [3.05, 3.63) is 41.8 Å².